The smallest absolute Gasteiger partial charge is 0.327 e. The number of carbonyl (C=O) groups excluding carboxylic acids is 1. The lowest BCUT2D eigenvalue weighted by Gasteiger charge is -2.07. The highest BCUT2D eigenvalue weighted by Gasteiger charge is 2.13. The van der Waals surface area contributed by atoms with Gasteiger partial charge in [0.1, 0.15) is 6.04 Å². The average Bonchev–Trinajstić information content (AvgIpc) is 2.00. The minimum absolute atomic E-state index is 0.465. The molecule has 0 fully saturated rings. The number of ether oxygens (including phenoxy) is 1. The van der Waals surface area contributed by atoms with E-state index in [1.165, 1.54) is 13.2 Å². The predicted molar refractivity (Wildman–Crippen MR) is 39.3 cm³/mol. The van der Waals surface area contributed by atoms with Crippen LogP contribution in [0.25, 0.3) is 0 Å². The lowest BCUT2D eigenvalue weighted by Crippen LogP contribution is -2.32. The van der Waals surface area contributed by atoms with Crippen LogP contribution in [0, 0.1) is 0 Å². The van der Waals surface area contributed by atoms with E-state index in [2.05, 4.69) is 17.9 Å². The molecule has 0 saturated heterocycles. The third-order valence-electron chi connectivity index (χ3n) is 1.12. The van der Waals surface area contributed by atoms with Crippen molar-refractivity contribution in [1.82, 2.24) is 0 Å². The van der Waals surface area contributed by atoms with Crippen LogP contribution in [-0.4, -0.2) is 19.1 Å². The summed E-state index contributed by atoms with van der Waals surface area (Å²) in [6.45, 7) is 6.91. The first-order chi connectivity index (χ1) is 4.63. The maximum absolute atomic E-state index is 10.7. The standard InChI is InChI=1S/C7H11NO2/c1-4-5(2)6(8)7(9)10-3/h4,6H,1-2,8H2,3H3/t6-/m0/s1. The third kappa shape index (κ3) is 2.03. The molecule has 0 aromatic heterocycles. The van der Waals surface area contributed by atoms with Gasteiger partial charge in [0.05, 0.1) is 7.11 Å². The zero-order valence-electron chi connectivity index (χ0n) is 5.96. The Morgan fingerprint density at radius 2 is 2.30 bits per heavy atom. The highest BCUT2D eigenvalue weighted by molar-refractivity contribution is 5.79. The number of methoxy groups -OCH3 is 1. The quantitative estimate of drug-likeness (QED) is 0.452. The summed E-state index contributed by atoms with van der Waals surface area (Å²) in [5.74, 6) is -0.495. The molecule has 56 valence electrons. The minimum atomic E-state index is -0.775. The van der Waals surface area contributed by atoms with Crippen molar-refractivity contribution in [2.24, 2.45) is 5.73 Å². The summed E-state index contributed by atoms with van der Waals surface area (Å²) >= 11 is 0. The van der Waals surface area contributed by atoms with Gasteiger partial charge >= 0.3 is 5.97 Å². The first-order valence-electron chi connectivity index (χ1n) is 2.78. The van der Waals surface area contributed by atoms with Crippen molar-refractivity contribution < 1.29 is 9.53 Å². The molecule has 2 N–H and O–H groups in total. The van der Waals surface area contributed by atoms with Crippen molar-refractivity contribution in [3.8, 4) is 0 Å². The van der Waals surface area contributed by atoms with E-state index in [-0.39, 0.29) is 0 Å². The Bertz CT molecular complexity index is 163. The molecule has 0 saturated carbocycles. The van der Waals surface area contributed by atoms with Gasteiger partial charge in [-0.1, -0.05) is 19.2 Å². The fourth-order valence-corrected chi connectivity index (χ4v) is 0.405. The second-order valence-corrected chi connectivity index (χ2v) is 1.78. The van der Waals surface area contributed by atoms with Gasteiger partial charge in [0.15, 0.2) is 0 Å². The number of nitrogens with two attached hydrogens (primary N) is 1. The molecule has 10 heavy (non-hydrogen) atoms. The number of hydrogen-bond donors (Lipinski definition) is 1. The third-order valence-corrected chi connectivity index (χ3v) is 1.12. The van der Waals surface area contributed by atoms with Gasteiger partial charge in [-0.25, -0.2) is 0 Å². The number of rotatable bonds is 3. The zero-order valence-corrected chi connectivity index (χ0v) is 5.96. The van der Waals surface area contributed by atoms with Gasteiger partial charge in [0, 0.05) is 0 Å². The second-order valence-electron chi connectivity index (χ2n) is 1.78. The van der Waals surface area contributed by atoms with Crippen LogP contribution in [0.1, 0.15) is 0 Å². The average molecular weight is 141 g/mol. The van der Waals surface area contributed by atoms with Crippen molar-refractivity contribution in [3.63, 3.8) is 0 Å². The van der Waals surface area contributed by atoms with Crippen LogP contribution in [0.3, 0.4) is 0 Å². The van der Waals surface area contributed by atoms with Gasteiger partial charge in [-0.15, -0.1) is 0 Å². The van der Waals surface area contributed by atoms with E-state index in [1.54, 1.807) is 0 Å². The van der Waals surface area contributed by atoms with Crippen molar-refractivity contribution in [1.29, 1.82) is 0 Å². The molecule has 0 aliphatic heterocycles. The Morgan fingerprint density at radius 1 is 1.80 bits per heavy atom. The first-order valence-corrected chi connectivity index (χ1v) is 2.78. The minimum Gasteiger partial charge on any atom is -0.468 e. The molecule has 0 radical (unpaired) electrons. The van der Waals surface area contributed by atoms with Gasteiger partial charge in [0.2, 0.25) is 0 Å². The summed E-state index contributed by atoms with van der Waals surface area (Å²) in [6, 6.07) is -0.775. The summed E-state index contributed by atoms with van der Waals surface area (Å²) in [7, 11) is 1.28. The van der Waals surface area contributed by atoms with Crippen LogP contribution in [0.2, 0.25) is 0 Å². The van der Waals surface area contributed by atoms with E-state index in [4.69, 9.17) is 5.73 Å². The lowest BCUT2D eigenvalue weighted by atomic mass is 10.1. The second kappa shape index (κ2) is 3.85. The number of hydrogen-bond acceptors (Lipinski definition) is 3. The molecule has 0 aromatic rings. The maximum atomic E-state index is 10.7. The fourth-order valence-electron chi connectivity index (χ4n) is 0.405. The van der Waals surface area contributed by atoms with Crippen LogP contribution < -0.4 is 5.73 Å². The molecule has 0 aliphatic carbocycles. The Balaban J connectivity index is 4.06. The molecule has 1 atom stereocenters. The predicted octanol–water partition coefficient (Wildman–Crippen LogP) is 0.229. The monoisotopic (exact) mass is 141 g/mol. The van der Waals surface area contributed by atoms with Gasteiger partial charge < -0.3 is 10.5 Å². The molecule has 0 heterocycles. The fraction of sp³-hybridized carbons (Fsp3) is 0.286. The largest absolute Gasteiger partial charge is 0.468 e. The number of esters is 1. The van der Waals surface area contributed by atoms with Crippen LogP contribution in [-0.2, 0) is 9.53 Å². The van der Waals surface area contributed by atoms with Gasteiger partial charge in [-0.05, 0) is 5.57 Å². The van der Waals surface area contributed by atoms with Crippen LogP contribution in [0.5, 0.6) is 0 Å². The van der Waals surface area contributed by atoms with E-state index >= 15 is 0 Å². The molecule has 0 bridgehead atoms. The van der Waals surface area contributed by atoms with Crippen molar-refractivity contribution in [2.45, 2.75) is 6.04 Å². The van der Waals surface area contributed by atoms with E-state index in [9.17, 15) is 4.79 Å². The Morgan fingerprint density at radius 3 is 2.60 bits per heavy atom. The highest BCUT2D eigenvalue weighted by Crippen LogP contribution is 1.98. The molecular formula is C7H11NO2. The summed E-state index contributed by atoms with van der Waals surface area (Å²) in [6.07, 6.45) is 1.43. The maximum Gasteiger partial charge on any atom is 0.327 e. The van der Waals surface area contributed by atoms with Crippen LogP contribution in [0.4, 0.5) is 0 Å². The Labute approximate surface area is 60.2 Å². The summed E-state index contributed by atoms with van der Waals surface area (Å²) in [5.41, 5.74) is 5.80. The molecule has 0 spiro atoms. The molecule has 0 unspecified atom stereocenters. The van der Waals surface area contributed by atoms with E-state index in [0.29, 0.717) is 5.57 Å². The van der Waals surface area contributed by atoms with E-state index in [1.807, 2.05) is 0 Å². The van der Waals surface area contributed by atoms with E-state index in [0.717, 1.165) is 0 Å². The Hall–Kier alpha value is -1.09. The van der Waals surface area contributed by atoms with Gasteiger partial charge in [0.25, 0.3) is 0 Å². The molecule has 0 rings (SSSR count). The Kier molecular flexibility index (Phi) is 3.43. The zero-order chi connectivity index (χ0) is 8.15. The topological polar surface area (TPSA) is 52.3 Å². The summed E-state index contributed by atoms with van der Waals surface area (Å²) in [5, 5.41) is 0. The van der Waals surface area contributed by atoms with Crippen LogP contribution in [0.15, 0.2) is 24.8 Å². The van der Waals surface area contributed by atoms with Gasteiger partial charge in [-0.3, -0.25) is 4.79 Å². The molecule has 3 heteroatoms. The number of carbonyl (C=O) groups is 1. The summed E-state index contributed by atoms with van der Waals surface area (Å²) < 4.78 is 4.36. The van der Waals surface area contributed by atoms with Crippen LogP contribution >= 0.6 is 0 Å². The van der Waals surface area contributed by atoms with Gasteiger partial charge in [-0.2, -0.15) is 0 Å². The summed E-state index contributed by atoms with van der Waals surface area (Å²) in [4.78, 5) is 10.7. The first kappa shape index (κ1) is 8.91. The molecule has 0 aromatic carbocycles. The van der Waals surface area contributed by atoms with Crippen molar-refractivity contribution in [2.75, 3.05) is 7.11 Å². The normalized spacial score (nSPS) is 11.8. The van der Waals surface area contributed by atoms with E-state index < -0.39 is 12.0 Å². The SMILES string of the molecule is C=CC(=C)[C@H](N)C(=O)OC. The lowest BCUT2D eigenvalue weighted by molar-refractivity contribution is -0.141. The molecule has 0 amide bonds. The molecular weight excluding hydrogens is 130 g/mol. The molecule has 3 nitrogen and oxygen atoms in total. The van der Waals surface area contributed by atoms with Crippen molar-refractivity contribution in [3.05, 3.63) is 24.8 Å². The highest BCUT2D eigenvalue weighted by atomic mass is 16.5. The molecule has 0 aliphatic rings. The van der Waals surface area contributed by atoms with Crippen molar-refractivity contribution >= 4 is 5.97 Å².